The molecule has 1 saturated heterocycles. The first-order valence-electron chi connectivity index (χ1n) is 9.44. The minimum Gasteiger partial charge on any atom is -0.497 e. The van der Waals surface area contributed by atoms with Gasteiger partial charge in [0.15, 0.2) is 0 Å². The summed E-state index contributed by atoms with van der Waals surface area (Å²) in [5, 5.41) is 0. The molecule has 150 valence electrons. The molecule has 0 aliphatic carbocycles. The van der Waals surface area contributed by atoms with Crippen molar-refractivity contribution in [3.05, 3.63) is 48.0 Å². The second-order valence-corrected chi connectivity index (χ2v) is 7.80. The van der Waals surface area contributed by atoms with Crippen LogP contribution in [-0.2, 0) is 4.79 Å². The van der Waals surface area contributed by atoms with E-state index in [0.29, 0.717) is 6.42 Å². The SMILES string of the molecule is COc1ccc(SCCC(=O)N2CCCC2c2ccc(OC)cc2OC)cc1. The molecule has 6 heteroatoms. The summed E-state index contributed by atoms with van der Waals surface area (Å²) in [5.41, 5.74) is 1.05. The molecule has 0 saturated carbocycles. The normalized spacial score (nSPS) is 16.1. The number of rotatable bonds is 8. The van der Waals surface area contributed by atoms with Gasteiger partial charge in [-0.3, -0.25) is 4.79 Å². The topological polar surface area (TPSA) is 48.0 Å². The van der Waals surface area contributed by atoms with E-state index in [9.17, 15) is 4.79 Å². The van der Waals surface area contributed by atoms with Crippen LogP contribution in [0.2, 0.25) is 0 Å². The predicted molar refractivity (Wildman–Crippen MR) is 112 cm³/mol. The van der Waals surface area contributed by atoms with Crippen LogP contribution < -0.4 is 14.2 Å². The largest absolute Gasteiger partial charge is 0.497 e. The molecule has 0 bridgehead atoms. The highest BCUT2D eigenvalue weighted by atomic mass is 32.2. The van der Waals surface area contributed by atoms with E-state index in [1.165, 1.54) is 0 Å². The molecule has 3 rings (SSSR count). The van der Waals surface area contributed by atoms with Gasteiger partial charge in [0.25, 0.3) is 0 Å². The average Bonchev–Trinajstić information content (AvgIpc) is 3.23. The van der Waals surface area contributed by atoms with Crippen LogP contribution in [0, 0.1) is 0 Å². The summed E-state index contributed by atoms with van der Waals surface area (Å²) in [6.45, 7) is 0.798. The number of carbonyl (C=O) groups excluding carboxylic acids is 1. The van der Waals surface area contributed by atoms with Gasteiger partial charge < -0.3 is 19.1 Å². The summed E-state index contributed by atoms with van der Waals surface area (Å²) >= 11 is 1.69. The van der Waals surface area contributed by atoms with E-state index >= 15 is 0 Å². The van der Waals surface area contributed by atoms with Crippen molar-refractivity contribution in [2.45, 2.75) is 30.2 Å². The molecule has 1 aliphatic rings. The number of benzene rings is 2. The highest BCUT2D eigenvalue weighted by molar-refractivity contribution is 7.99. The zero-order chi connectivity index (χ0) is 19.9. The van der Waals surface area contributed by atoms with E-state index in [1.807, 2.05) is 47.4 Å². The van der Waals surface area contributed by atoms with Crippen LogP contribution in [0.3, 0.4) is 0 Å². The van der Waals surface area contributed by atoms with E-state index in [2.05, 4.69) is 0 Å². The van der Waals surface area contributed by atoms with Crippen LogP contribution in [0.1, 0.15) is 30.9 Å². The lowest BCUT2D eigenvalue weighted by Crippen LogP contribution is -2.31. The number of carbonyl (C=O) groups is 1. The zero-order valence-electron chi connectivity index (χ0n) is 16.6. The van der Waals surface area contributed by atoms with Crippen LogP contribution in [-0.4, -0.2) is 44.4 Å². The quantitative estimate of drug-likeness (QED) is 0.607. The van der Waals surface area contributed by atoms with Crippen molar-refractivity contribution in [2.75, 3.05) is 33.6 Å². The third-order valence-corrected chi connectivity index (χ3v) is 6.03. The lowest BCUT2D eigenvalue weighted by atomic mass is 10.0. The summed E-state index contributed by atoms with van der Waals surface area (Å²) in [4.78, 5) is 16.0. The summed E-state index contributed by atoms with van der Waals surface area (Å²) < 4.78 is 16.0. The van der Waals surface area contributed by atoms with Gasteiger partial charge in [0.2, 0.25) is 5.91 Å². The minimum atomic E-state index is 0.0688. The smallest absolute Gasteiger partial charge is 0.223 e. The lowest BCUT2D eigenvalue weighted by Gasteiger charge is -2.26. The first-order chi connectivity index (χ1) is 13.7. The van der Waals surface area contributed by atoms with Crippen LogP contribution in [0.5, 0.6) is 17.2 Å². The van der Waals surface area contributed by atoms with E-state index in [0.717, 1.165) is 52.8 Å². The fraction of sp³-hybridized carbons (Fsp3) is 0.409. The number of thioether (sulfide) groups is 1. The summed E-state index contributed by atoms with van der Waals surface area (Å²) in [7, 11) is 4.95. The number of hydrogen-bond acceptors (Lipinski definition) is 5. The van der Waals surface area contributed by atoms with Gasteiger partial charge in [-0.2, -0.15) is 0 Å². The molecule has 1 heterocycles. The molecular weight excluding hydrogens is 374 g/mol. The molecular formula is C22H27NO4S. The Bertz CT molecular complexity index is 794. The molecule has 0 N–H and O–H groups in total. The summed E-state index contributed by atoms with van der Waals surface area (Å²) in [6, 6.07) is 13.8. The Hall–Kier alpha value is -2.34. The van der Waals surface area contributed by atoms with Gasteiger partial charge in [0.1, 0.15) is 17.2 Å². The standard InChI is InChI=1S/C22H27NO4S/c1-25-16-6-9-18(10-7-16)28-14-12-22(24)23-13-4-5-20(23)19-11-8-17(26-2)15-21(19)27-3/h6-11,15,20H,4-5,12-14H2,1-3H3. The van der Waals surface area contributed by atoms with Crippen molar-refractivity contribution in [1.29, 1.82) is 0 Å². The number of methoxy groups -OCH3 is 3. The van der Waals surface area contributed by atoms with Gasteiger partial charge >= 0.3 is 0 Å². The van der Waals surface area contributed by atoms with Gasteiger partial charge in [-0.1, -0.05) is 0 Å². The molecule has 2 aromatic carbocycles. The molecule has 28 heavy (non-hydrogen) atoms. The molecule has 1 aliphatic heterocycles. The van der Waals surface area contributed by atoms with Gasteiger partial charge in [0.05, 0.1) is 27.4 Å². The number of likely N-dealkylation sites (tertiary alicyclic amines) is 1. The Morgan fingerprint density at radius 1 is 1.04 bits per heavy atom. The fourth-order valence-electron chi connectivity index (χ4n) is 3.55. The lowest BCUT2D eigenvalue weighted by molar-refractivity contribution is -0.131. The molecule has 2 aromatic rings. The molecule has 1 unspecified atom stereocenters. The van der Waals surface area contributed by atoms with Crippen molar-refractivity contribution in [2.24, 2.45) is 0 Å². The van der Waals surface area contributed by atoms with Gasteiger partial charge in [-0.05, 0) is 49.2 Å². The molecule has 0 spiro atoms. The molecule has 0 aromatic heterocycles. The van der Waals surface area contributed by atoms with E-state index < -0.39 is 0 Å². The molecule has 5 nitrogen and oxygen atoms in total. The second kappa shape index (κ2) is 9.73. The van der Waals surface area contributed by atoms with Crippen LogP contribution in [0.4, 0.5) is 0 Å². The Morgan fingerprint density at radius 3 is 2.43 bits per heavy atom. The highest BCUT2D eigenvalue weighted by Gasteiger charge is 2.31. The van der Waals surface area contributed by atoms with Crippen LogP contribution in [0.25, 0.3) is 0 Å². The van der Waals surface area contributed by atoms with E-state index in [4.69, 9.17) is 14.2 Å². The second-order valence-electron chi connectivity index (χ2n) is 6.63. The van der Waals surface area contributed by atoms with Gasteiger partial charge in [-0.25, -0.2) is 0 Å². The summed E-state index contributed by atoms with van der Waals surface area (Å²) in [5.74, 6) is 3.33. The zero-order valence-corrected chi connectivity index (χ0v) is 17.5. The van der Waals surface area contributed by atoms with Gasteiger partial charge in [-0.15, -0.1) is 11.8 Å². The Labute approximate surface area is 171 Å². The number of ether oxygens (including phenoxy) is 3. The molecule has 1 atom stereocenters. The Balaban J connectivity index is 1.61. The predicted octanol–water partition coefficient (Wildman–Crippen LogP) is 4.56. The Morgan fingerprint density at radius 2 is 1.75 bits per heavy atom. The minimum absolute atomic E-state index is 0.0688. The van der Waals surface area contributed by atoms with Crippen molar-refractivity contribution >= 4 is 17.7 Å². The Kier molecular flexibility index (Phi) is 7.09. The summed E-state index contributed by atoms with van der Waals surface area (Å²) in [6.07, 6.45) is 2.49. The monoisotopic (exact) mass is 401 g/mol. The number of amides is 1. The highest BCUT2D eigenvalue weighted by Crippen LogP contribution is 2.39. The van der Waals surface area contributed by atoms with Crippen molar-refractivity contribution in [1.82, 2.24) is 4.90 Å². The number of hydrogen-bond donors (Lipinski definition) is 0. The fourth-order valence-corrected chi connectivity index (χ4v) is 4.39. The third-order valence-electron chi connectivity index (χ3n) is 5.02. The van der Waals surface area contributed by atoms with E-state index in [-0.39, 0.29) is 11.9 Å². The maximum absolute atomic E-state index is 12.9. The average molecular weight is 402 g/mol. The molecule has 1 fully saturated rings. The maximum atomic E-state index is 12.9. The number of nitrogens with zero attached hydrogens (tertiary/aromatic N) is 1. The maximum Gasteiger partial charge on any atom is 0.223 e. The van der Waals surface area contributed by atoms with E-state index in [1.54, 1.807) is 33.1 Å². The first-order valence-corrected chi connectivity index (χ1v) is 10.4. The van der Waals surface area contributed by atoms with Crippen LogP contribution >= 0.6 is 11.8 Å². The van der Waals surface area contributed by atoms with Crippen molar-refractivity contribution in [3.8, 4) is 17.2 Å². The molecule has 0 radical (unpaired) electrons. The van der Waals surface area contributed by atoms with Crippen LogP contribution in [0.15, 0.2) is 47.4 Å². The van der Waals surface area contributed by atoms with Gasteiger partial charge in [0, 0.05) is 35.2 Å². The third kappa shape index (κ3) is 4.73. The molecule has 1 amide bonds. The van der Waals surface area contributed by atoms with Crippen molar-refractivity contribution in [3.63, 3.8) is 0 Å². The first kappa shape index (κ1) is 20.4. The van der Waals surface area contributed by atoms with Crippen molar-refractivity contribution < 1.29 is 19.0 Å².